The molecule has 0 aliphatic carbocycles. The first-order valence-electron chi connectivity index (χ1n) is 7.34. The molecule has 0 bridgehead atoms. The summed E-state index contributed by atoms with van der Waals surface area (Å²) in [5.41, 5.74) is -0.0507. The van der Waals surface area contributed by atoms with Crippen LogP contribution in [0.3, 0.4) is 0 Å². The Labute approximate surface area is 148 Å². The molecule has 0 aliphatic heterocycles. The molecule has 0 unspecified atom stereocenters. The monoisotopic (exact) mass is 360 g/mol. The van der Waals surface area contributed by atoms with Gasteiger partial charge in [0.2, 0.25) is 0 Å². The van der Waals surface area contributed by atoms with Gasteiger partial charge in [0.1, 0.15) is 0 Å². The van der Waals surface area contributed by atoms with Crippen molar-refractivity contribution in [3.8, 4) is 0 Å². The lowest BCUT2D eigenvalue weighted by Gasteiger charge is -2.15. The number of fused-ring (bicyclic) bond motifs is 1. The molecule has 0 aromatic heterocycles. The second-order valence-electron chi connectivity index (χ2n) is 5.04. The van der Waals surface area contributed by atoms with Crippen molar-refractivity contribution in [1.29, 1.82) is 0 Å². The van der Waals surface area contributed by atoms with Crippen molar-refractivity contribution in [2.45, 2.75) is 0 Å². The highest BCUT2D eigenvalue weighted by atomic mass is 16.5. The van der Waals surface area contributed by atoms with Crippen molar-refractivity contribution < 1.29 is 38.1 Å². The van der Waals surface area contributed by atoms with Crippen LogP contribution in [0.15, 0.2) is 24.3 Å². The van der Waals surface area contributed by atoms with Crippen LogP contribution in [0.5, 0.6) is 0 Å². The molecule has 0 radical (unpaired) electrons. The van der Waals surface area contributed by atoms with Crippen LogP contribution in [-0.2, 0) is 18.9 Å². The zero-order valence-corrected chi connectivity index (χ0v) is 14.6. The molecule has 2 rings (SSSR count). The fourth-order valence-corrected chi connectivity index (χ4v) is 2.62. The van der Waals surface area contributed by atoms with Crippen LogP contribution < -0.4 is 0 Å². The number of ether oxygens (including phenoxy) is 4. The van der Waals surface area contributed by atoms with E-state index in [2.05, 4.69) is 0 Å². The summed E-state index contributed by atoms with van der Waals surface area (Å²) in [4.78, 5) is 48.7. The molecule has 0 heterocycles. The van der Waals surface area contributed by atoms with E-state index < -0.39 is 23.9 Å². The van der Waals surface area contributed by atoms with Crippen LogP contribution in [0.2, 0.25) is 0 Å². The highest BCUT2D eigenvalue weighted by molar-refractivity contribution is 6.22. The zero-order valence-electron chi connectivity index (χ0n) is 14.6. The predicted octanol–water partition coefficient (Wildman–Crippen LogP) is 1.99. The topological polar surface area (TPSA) is 105 Å². The van der Waals surface area contributed by atoms with E-state index in [4.69, 9.17) is 18.9 Å². The number of hydrogen-bond donors (Lipinski definition) is 0. The van der Waals surface area contributed by atoms with E-state index in [0.717, 1.165) is 0 Å². The summed E-state index contributed by atoms with van der Waals surface area (Å²) in [6.07, 6.45) is 0. The molecule has 136 valence electrons. The smallest absolute Gasteiger partial charge is 0.338 e. The van der Waals surface area contributed by atoms with Gasteiger partial charge in [-0.3, -0.25) is 0 Å². The first kappa shape index (κ1) is 18.9. The van der Waals surface area contributed by atoms with Gasteiger partial charge in [-0.05, 0) is 24.3 Å². The summed E-state index contributed by atoms with van der Waals surface area (Å²) in [5.74, 6) is -3.01. The number of methoxy groups -OCH3 is 4. The molecular formula is C18H16O8. The maximum atomic E-state index is 12.2. The first-order chi connectivity index (χ1) is 12.4. The second-order valence-corrected chi connectivity index (χ2v) is 5.04. The van der Waals surface area contributed by atoms with Gasteiger partial charge >= 0.3 is 23.9 Å². The summed E-state index contributed by atoms with van der Waals surface area (Å²) in [5, 5.41) is 0.0731. The molecule has 0 amide bonds. The van der Waals surface area contributed by atoms with E-state index in [-0.39, 0.29) is 33.0 Å². The SMILES string of the molecule is COC(=O)c1ccc(C(=O)OC)c2c(C(=O)OC)ccc(C(=O)OC)c12. The molecule has 0 spiro atoms. The third kappa shape index (κ3) is 3.08. The normalized spacial score (nSPS) is 10.2. The summed E-state index contributed by atoms with van der Waals surface area (Å²) in [6.45, 7) is 0. The molecular weight excluding hydrogens is 344 g/mol. The molecule has 8 nitrogen and oxygen atoms in total. The van der Waals surface area contributed by atoms with Crippen LogP contribution in [0.4, 0.5) is 0 Å². The Morgan fingerprint density at radius 3 is 0.846 bits per heavy atom. The average molecular weight is 360 g/mol. The van der Waals surface area contributed by atoms with E-state index >= 15 is 0 Å². The van der Waals surface area contributed by atoms with Crippen LogP contribution in [0.1, 0.15) is 41.4 Å². The number of carbonyl (C=O) groups is 4. The lowest BCUT2D eigenvalue weighted by Crippen LogP contribution is -2.14. The summed E-state index contributed by atoms with van der Waals surface area (Å²) >= 11 is 0. The van der Waals surface area contributed by atoms with Gasteiger partial charge in [0.05, 0.1) is 50.7 Å². The Hall–Kier alpha value is -3.42. The van der Waals surface area contributed by atoms with Gasteiger partial charge in [0.15, 0.2) is 0 Å². The van der Waals surface area contributed by atoms with E-state index in [1.54, 1.807) is 0 Å². The predicted molar refractivity (Wildman–Crippen MR) is 89.3 cm³/mol. The standard InChI is InChI=1S/C18H16O8/c1-23-15(19)9-5-6-11(17(21)25-3)14-12(18(22)26-4)8-7-10(13(9)14)16(20)24-2/h5-8H,1-4H3. The fourth-order valence-electron chi connectivity index (χ4n) is 2.62. The molecule has 0 saturated heterocycles. The number of rotatable bonds is 4. The van der Waals surface area contributed by atoms with Gasteiger partial charge in [-0.25, -0.2) is 19.2 Å². The minimum absolute atomic E-state index is 0.0127. The Morgan fingerprint density at radius 1 is 0.500 bits per heavy atom. The third-order valence-electron chi connectivity index (χ3n) is 3.78. The molecule has 0 N–H and O–H groups in total. The highest BCUT2D eigenvalue weighted by Crippen LogP contribution is 2.32. The van der Waals surface area contributed by atoms with Gasteiger partial charge in [0, 0.05) is 10.8 Å². The number of carbonyl (C=O) groups excluding carboxylic acids is 4. The summed E-state index contributed by atoms with van der Waals surface area (Å²) in [6, 6.07) is 5.25. The van der Waals surface area contributed by atoms with Crippen molar-refractivity contribution >= 4 is 34.6 Å². The van der Waals surface area contributed by atoms with Crippen LogP contribution >= 0.6 is 0 Å². The Morgan fingerprint density at radius 2 is 0.692 bits per heavy atom. The number of hydrogen-bond acceptors (Lipinski definition) is 8. The molecule has 0 fully saturated rings. The van der Waals surface area contributed by atoms with Crippen molar-refractivity contribution in [1.82, 2.24) is 0 Å². The van der Waals surface area contributed by atoms with Crippen LogP contribution in [0.25, 0.3) is 10.8 Å². The maximum Gasteiger partial charge on any atom is 0.338 e. The van der Waals surface area contributed by atoms with Crippen molar-refractivity contribution in [2.24, 2.45) is 0 Å². The molecule has 26 heavy (non-hydrogen) atoms. The van der Waals surface area contributed by atoms with Crippen molar-refractivity contribution in [2.75, 3.05) is 28.4 Å². The highest BCUT2D eigenvalue weighted by Gasteiger charge is 2.26. The van der Waals surface area contributed by atoms with Crippen molar-refractivity contribution in [3.63, 3.8) is 0 Å². The quantitative estimate of drug-likeness (QED) is 0.602. The van der Waals surface area contributed by atoms with Gasteiger partial charge in [0.25, 0.3) is 0 Å². The summed E-state index contributed by atoms with van der Waals surface area (Å²) < 4.78 is 19.0. The fraction of sp³-hybridized carbons (Fsp3) is 0.222. The van der Waals surface area contributed by atoms with Gasteiger partial charge in [-0.1, -0.05) is 0 Å². The van der Waals surface area contributed by atoms with Crippen LogP contribution in [0, 0.1) is 0 Å². The third-order valence-corrected chi connectivity index (χ3v) is 3.78. The Kier molecular flexibility index (Phi) is 5.56. The van der Waals surface area contributed by atoms with Gasteiger partial charge in [-0.2, -0.15) is 0 Å². The molecule has 0 saturated carbocycles. The molecule has 8 heteroatoms. The van der Waals surface area contributed by atoms with Crippen molar-refractivity contribution in [3.05, 3.63) is 46.5 Å². The van der Waals surface area contributed by atoms with E-state index in [1.807, 2.05) is 0 Å². The zero-order chi connectivity index (χ0) is 19.4. The van der Waals surface area contributed by atoms with Crippen LogP contribution in [-0.4, -0.2) is 52.3 Å². The molecule has 2 aromatic carbocycles. The van der Waals surface area contributed by atoms with E-state index in [0.29, 0.717) is 0 Å². The second kappa shape index (κ2) is 7.64. The minimum Gasteiger partial charge on any atom is -0.465 e. The molecule has 0 aliphatic rings. The van der Waals surface area contributed by atoms with Gasteiger partial charge in [-0.15, -0.1) is 0 Å². The largest absolute Gasteiger partial charge is 0.465 e. The maximum absolute atomic E-state index is 12.2. The Balaban J connectivity index is 3.10. The summed E-state index contributed by atoms with van der Waals surface area (Å²) in [7, 11) is 4.68. The molecule has 2 aromatic rings. The lowest BCUT2D eigenvalue weighted by molar-refractivity contribution is 0.0580. The molecule has 0 atom stereocenters. The first-order valence-corrected chi connectivity index (χ1v) is 7.34. The van der Waals surface area contributed by atoms with Gasteiger partial charge < -0.3 is 18.9 Å². The van der Waals surface area contributed by atoms with E-state index in [9.17, 15) is 19.2 Å². The Bertz CT molecular complexity index is 768. The van der Waals surface area contributed by atoms with E-state index in [1.165, 1.54) is 52.7 Å². The number of benzene rings is 2. The average Bonchev–Trinajstić information content (AvgIpc) is 2.69. The lowest BCUT2D eigenvalue weighted by atomic mass is 9.91. The number of esters is 4. The minimum atomic E-state index is -0.751.